The van der Waals surface area contributed by atoms with Crippen molar-refractivity contribution in [2.24, 2.45) is 7.05 Å². The largest absolute Gasteiger partial charge is 0.339 e. The Kier molecular flexibility index (Phi) is 2.49. The highest BCUT2D eigenvalue weighted by Gasteiger charge is 2.10. The van der Waals surface area contributed by atoms with E-state index in [1.54, 1.807) is 22.2 Å². The summed E-state index contributed by atoms with van der Waals surface area (Å²) in [6.45, 7) is 0. The predicted molar refractivity (Wildman–Crippen MR) is 63.6 cm³/mol. The number of rotatable bonds is 3. The van der Waals surface area contributed by atoms with Crippen LogP contribution >= 0.6 is 11.3 Å². The second-order valence-corrected chi connectivity index (χ2v) is 4.70. The van der Waals surface area contributed by atoms with Crippen molar-refractivity contribution in [2.45, 2.75) is 6.42 Å². The Morgan fingerprint density at radius 1 is 1.47 bits per heavy atom. The SMILES string of the molecule is Cn1cc(-c2noc(Cc3cccs3)n2)cn1. The van der Waals surface area contributed by atoms with Gasteiger partial charge in [0.25, 0.3) is 0 Å². The zero-order valence-electron chi connectivity index (χ0n) is 9.20. The minimum atomic E-state index is 0.588. The predicted octanol–water partition coefficient (Wildman–Crippen LogP) is 2.12. The Hall–Kier alpha value is -1.95. The molecule has 86 valence electrons. The molecular weight excluding hydrogens is 236 g/mol. The Bertz CT molecular complexity index is 611. The van der Waals surface area contributed by atoms with E-state index < -0.39 is 0 Å². The maximum atomic E-state index is 5.21. The highest BCUT2D eigenvalue weighted by molar-refractivity contribution is 7.09. The molecule has 6 heteroatoms. The van der Waals surface area contributed by atoms with Crippen molar-refractivity contribution in [3.05, 3.63) is 40.7 Å². The molecule has 0 unspecified atom stereocenters. The fourth-order valence-corrected chi connectivity index (χ4v) is 2.24. The molecule has 3 rings (SSSR count). The molecule has 0 spiro atoms. The monoisotopic (exact) mass is 246 g/mol. The second-order valence-electron chi connectivity index (χ2n) is 3.67. The third-order valence-electron chi connectivity index (χ3n) is 2.34. The summed E-state index contributed by atoms with van der Waals surface area (Å²) in [5, 5.41) is 10.1. The standard InChI is InChI=1S/C11H10N4OS/c1-15-7-8(6-12-15)11-13-10(16-14-11)5-9-3-2-4-17-9/h2-4,6-7H,5H2,1H3. The summed E-state index contributed by atoms with van der Waals surface area (Å²) in [6.07, 6.45) is 4.27. The number of aryl methyl sites for hydroxylation is 1. The van der Waals surface area contributed by atoms with Crippen molar-refractivity contribution in [3.8, 4) is 11.4 Å². The van der Waals surface area contributed by atoms with E-state index in [9.17, 15) is 0 Å². The molecule has 0 radical (unpaired) electrons. The second kappa shape index (κ2) is 4.14. The molecule has 0 aliphatic rings. The Morgan fingerprint density at radius 2 is 2.41 bits per heavy atom. The van der Waals surface area contributed by atoms with Gasteiger partial charge in [0.15, 0.2) is 0 Å². The Labute approximate surface area is 102 Å². The molecule has 0 fully saturated rings. The normalized spacial score (nSPS) is 10.9. The summed E-state index contributed by atoms with van der Waals surface area (Å²) < 4.78 is 6.92. The van der Waals surface area contributed by atoms with Crippen LogP contribution in [0.15, 0.2) is 34.4 Å². The fourth-order valence-electron chi connectivity index (χ4n) is 1.54. The van der Waals surface area contributed by atoms with E-state index in [-0.39, 0.29) is 0 Å². The lowest BCUT2D eigenvalue weighted by Crippen LogP contribution is -1.85. The van der Waals surface area contributed by atoms with Crippen LogP contribution in [0.4, 0.5) is 0 Å². The smallest absolute Gasteiger partial charge is 0.232 e. The molecule has 3 aromatic heterocycles. The maximum Gasteiger partial charge on any atom is 0.232 e. The molecule has 3 heterocycles. The van der Waals surface area contributed by atoms with Gasteiger partial charge in [0, 0.05) is 18.1 Å². The number of nitrogens with zero attached hydrogens (tertiary/aromatic N) is 4. The van der Waals surface area contributed by atoms with Crippen LogP contribution in [0, 0.1) is 0 Å². The topological polar surface area (TPSA) is 56.7 Å². The first-order valence-electron chi connectivity index (χ1n) is 5.15. The van der Waals surface area contributed by atoms with Gasteiger partial charge in [-0.05, 0) is 11.4 Å². The molecule has 0 saturated carbocycles. The molecule has 5 nitrogen and oxygen atoms in total. The van der Waals surface area contributed by atoms with Crippen LogP contribution in [0.25, 0.3) is 11.4 Å². The molecule has 0 aromatic carbocycles. The quantitative estimate of drug-likeness (QED) is 0.710. The van der Waals surface area contributed by atoms with Crippen molar-refractivity contribution in [1.82, 2.24) is 19.9 Å². The number of hydrogen-bond acceptors (Lipinski definition) is 5. The number of aromatic nitrogens is 4. The van der Waals surface area contributed by atoms with Crippen LogP contribution in [-0.4, -0.2) is 19.9 Å². The van der Waals surface area contributed by atoms with Crippen molar-refractivity contribution in [2.75, 3.05) is 0 Å². The summed E-state index contributed by atoms with van der Waals surface area (Å²) in [6, 6.07) is 4.07. The van der Waals surface area contributed by atoms with Gasteiger partial charge in [0.05, 0.1) is 18.2 Å². The summed E-state index contributed by atoms with van der Waals surface area (Å²) in [5.41, 5.74) is 0.869. The van der Waals surface area contributed by atoms with E-state index in [2.05, 4.69) is 21.3 Å². The average molecular weight is 246 g/mol. The highest BCUT2D eigenvalue weighted by atomic mass is 32.1. The molecule has 0 bridgehead atoms. The third-order valence-corrected chi connectivity index (χ3v) is 3.21. The van der Waals surface area contributed by atoms with Gasteiger partial charge in [-0.2, -0.15) is 10.1 Å². The lowest BCUT2D eigenvalue weighted by Gasteiger charge is -1.87. The minimum absolute atomic E-state index is 0.588. The summed E-state index contributed by atoms with van der Waals surface area (Å²) in [5.74, 6) is 1.22. The van der Waals surface area contributed by atoms with Gasteiger partial charge in [-0.15, -0.1) is 11.3 Å². The van der Waals surface area contributed by atoms with Gasteiger partial charge < -0.3 is 4.52 Å². The molecular formula is C11H10N4OS. The van der Waals surface area contributed by atoms with E-state index in [0.717, 1.165) is 5.56 Å². The third kappa shape index (κ3) is 2.12. The van der Waals surface area contributed by atoms with Gasteiger partial charge >= 0.3 is 0 Å². The highest BCUT2D eigenvalue weighted by Crippen LogP contribution is 2.17. The van der Waals surface area contributed by atoms with Crippen molar-refractivity contribution in [3.63, 3.8) is 0 Å². The Morgan fingerprint density at radius 3 is 3.12 bits per heavy atom. The van der Waals surface area contributed by atoms with Crippen LogP contribution in [0.5, 0.6) is 0 Å². The first kappa shape index (κ1) is 10.2. The molecule has 0 atom stereocenters. The van der Waals surface area contributed by atoms with E-state index in [1.165, 1.54) is 4.88 Å². The van der Waals surface area contributed by atoms with Crippen molar-refractivity contribution in [1.29, 1.82) is 0 Å². The van der Waals surface area contributed by atoms with Crippen LogP contribution in [0.2, 0.25) is 0 Å². The minimum Gasteiger partial charge on any atom is -0.339 e. The molecule has 0 saturated heterocycles. The van der Waals surface area contributed by atoms with E-state index in [4.69, 9.17) is 4.52 Å². The van der Waals surface area contributed by atoms with E-state index in [1.807, 2.05) is 24.7 Å². The summed E-state index contributed by atoms with van der Waals surface area (Å²) in [4.78, 5) is 5.56. The molecule has 0 aliphatic heterocycles. The molecule has 0 aliphatic carbocycles. The average Bonchev–Trinajstić information content (AvgIpc) is 2.99. The van der Waals surface area contributed by atoms with Crippen LogP contribution in [-0.2, 0) is 13.5 Å². The lowest BCUT2D eigenvalue weighted by atomic mass is 10.3. The molecule has 17 heavy (non-hydrogen) atoms. The van der Waals surface area contributed by atoms with Crippen LogP contribution in [0.1, 0.15) is 10.8 Å². The lowest BCUT2D eigenvalue weighted by molar-refractivity contribution is 0.386. The van der Waals surface area contributed by atoms with Gasteiger partial charge in [0.1, 0.15) is 0 Å². The molecule has 0 amide bonds. The van der Waals surface area contributed by atoms with Gasteiger partial charge in [-0.25, -0.2) is 0 Å². The summed E-state index contributed by atoms with van der Waals surface area (Å²) in [7, 11) is 1.86. The van der Waals surface area contributed by atoms with Gasteiger partial charge in [0.2, 0.25) is 11.7 Å². The molecule has 3 aromatic rings. The van der Waals surface area contributed by atoms with E-state index >= 15 is 0 Å². The zero-order chi connectivity index (χ0) is 11.7. The maximum absolute atomic E-state index is 5.21. The zero-order valence-corrected chi connectivity index (χ0v) is 10.0. The first-order valence-corrected chi connectivity index (χ1v) is 6.03. The van der Waals surface area contributed by atoms with Crippen LogP contribution in [0.3, 0.4) is 0 Å². The fraction of sp³-hybridized carbons (Fsp3) is 0.182. The van der Waals surface area contributed by atoms with Crippen molar-refractivity contribution >= 4 is 11.3 Å². The number of hydrogen-bond donors (Lipinski definition) is 0. The number of thiophene rings is 1. The van der Waals surface area contributed by atoms with Gasteiger partial charge in [-0.3, -0.25) is 4.68 Å². The first-order chi connectivity index (χ1) is 8.31. The molecule has 0 N–H and O–H groups in total. The summed E-state index contributed by atoms with van der Waals surface area (Å²) >= 11 is 1.68. The van der Waals surface area contributed by atoms with Crippen LogP contribution < -0.4 is 0 Å². The van der Waals surface area contributed by atoms with E-state index in [0.29, 0.717) is 18.1 Å². The van der Waals surface area contributed by atoms with Crippen molar-refractivity contribution < 1.29 is 4.52 Å². The Balaban J connectivity index is 1.83. The van der Waals surface area contributed by atoms with Gasteiger partial charge in [-0.1, -0.05) is 11.2 Å².